The molecule has 0 aliphatic carbocycles. The van der Waals surface area contributed by atoms with Crippen molar-refractivity contribution in [2.45, 2.75) is 44.6 Å². The molecule has 4 aromatic rings. The van der Waals surface area contributed by atoms with Crippen LogP contribution in [0.25, 0.3) is 22.3 Å². The van der Waals surface area contributed by atoms with Gasteiger partial charge >= 0.3 is 5.97 Å². The first-order chi connectivity index (χ1) is 18.0. The number of halogens is 1. The Kier molecular flexibility index (Phi) is 7.42. The van der Waals surface area contributed by atoms with Crippen LogP contribution in [-0.4, -0.2) is 43.4 Å². The molecule has 1 amide bonds. The highest BCUT2D eigenvalue weighted by molar-refractivity contribution is 6.30. The van der Waals surface area contributed by atoms with E-state index in [1.807, 2.05) is 65.6 Å². The van der Waals surface area contributed by atoms with Crippen LogP contribution in [0.2, 0.25) is 5.02 Å². The quantitative estimate of drug-likeness (QED) is 0.284. The largest absolute Gasteiger partial charge is 0.481 e. The highest BCUT2D eigenvalue weighted by Crippen LogP contribution is 2.33. The molecule has 1 atom stereocenters. The Morgan fingerprint density at radius 3 is 2.59 bits per heavy atom. The van der Waals surface area contributed by atoms with Crippen LogP contribution in [0.5, 0.6) is 0 Å². The van der Waals surface area contributed by atoms with Gasteiger partial charge in [0, 0.05) is 35.3 Å². The molecule has 1 saturated heterocycles. The van der Waals surface area contributed by atoms with E-state index in [4.69, 9.17) is 26.7 Å². The average Bonchev–Trinajstić information content (AvgIpc) is 3.41. The zero-order valence-electron chi connectivity index (χ0n) is 20.3. The van der Waals surface area contributed by atoms with Gasteiger partial charge in [-0.2, -0.15) is 0 Å². The number of benzene rings is 2. The van der Waals surface area contributed by atoms with Gasteiger partial charge in [0.25, 0.3) is 5.91 Å². The van der Waals surface area contributed by atoms with Gasteiger partial charge in [0.15, 0.2) is 0 Å². The molecule has 7 nitrogen and oxygen atoms in total. The second-order valence-electron chi connectivity index (χ2n) is 9.24. The van der Waals surface area contributed by atoms with Crippen molar-refractivity contribution in [3.05, 3.63) is 88.8 Å². The Bertz CT molecular complexity index is 1430. The normalized spacial score (nSPS) is 15.3. The van der Waals surface area contributed by atoms with E-state index >= 15 is 0 Å². The third kappa shape index (κ3) is 5.62. The van der Waals surface area contributed by atoms with E-state index in [1.54, 1.807) is 6.20 Å². The number of carbonyl (C=O) groups is 2. The summed E-state index contributed by atoms with van der Waals surface area (Å²) in [6.45, 7) is 0.689. The lowest BCUT2D eigenvalue weighted by Crippen LogP contribution is -2.31. The number of amides is 1. The minimum Gasteiger partial charge on any atom is -0.481 e. The second-order valence-corrected chi connectivity index (χ2v) is 9.68. The Labute approximate surface area is 220 Å². The summed E-state index contributed by atoms with van der Waals surface area (Å²) < 4.78 is 0. The van der Waals surface area contributed by atoms with Crippen LogP contribution in [0.3, 0.4) is 0 Å². The van der Waals surface area contributed by atoms with Gasteiger partial charge in [-0.3, -0.25) is 14.6 Å². The summed E-state index contributed by atoms with van der Waals surface area (Å²) in [5, 5.41) is 9.63. The first-order valence-corrected chi connectivity index (χ1v) is 12.9. The lowest BCUT2D eigenvalue weighted by Gasteiger charge is -2.24. The van der Waals surface area contributed by atoms with E-state index < -0.39 is 5.97 Å². The molecule has 5 rings (SSSR count). The van der Waals surface area contributed by atoms with Crippen molar-refractivity contribution < 1.29 is 14.7 Å². The average molecular weight is 515 g/mol. The van der Waals surface area contributed by atoms with Crippen molar-refractivity contribution in [2.75, 3.05) is 6.54 Å². The van der Waals surface area contributed by atoms with Gasteiger partial charge in [-0.05, 0) is 74.6 Å². The standard InChI is InChI=1S/C29H27ClN4O3/c30-21-13-10-19(11-14-21)28-24(7-1-2-9-27(35)36)32-25-18-20(12-15-22(25)33-28)29(37)34-17-5-8-26(34)23-6-3-4-16-31-23/h3-4,6,10-16,18,26H,1-2,5,7-9,17H2,(H,35,36). The SMILES string of the molecule is O=C(O)CCCCc1nc2cc(C(=O)N3CCCC3c3ccccn3)ccc2nc1-c1ccc(Cl)cc1. The number of pyridine rings is 1. The molecular weight excluding hydrogens is 488 g/mol. The topological polar surface area (TPSA) is 96.3 Å². The summed E-state index contributed by atoms with van der Waals surface area (Å²) in [6.07, 6.45) is 5.51. The van der Waals surface area contributed by atoms with Gasteiger partial charge in [-0.15, -0.1) is 0 Å². The summed E-state index contributed by atoms with van der Waals surface area (Å²) in [4.78, 5) is 40.7. The van der Waals surface area contributed by atoms with Crippen LogP contribution >= 0.6 is 11.6 Å². The lowest BCUT2D eigenvalue weighted by atomic mass is 10.0. The fourth-order valence-corrected chi connectivity index (χ4v) is 4.99. The molecule has 0 saturated carbocycles. The van der Waals surface area contributed by atoms with Crippen molar-refractivity contribution in [1.29, 1.82) is 0 Å². The number of carbonyl (C=O) groups excluding carboxylic acids is 1. The Balaban J connectivity index is 1.47. The van der Waals surface area contributed by atoms with Gasteiger partial charge in [0.05, 0.1) is 34.2 Å². The van der Waals surface area contributed by atoms with Crippen molar-refractivity contribution in [1.82, 2.24) is 19.9 Å². The Morgan fingerprint density at radius 1 is 1.00 bits per heavy atom. The van der Waals surface area contributed by atoms with Crippen LogP contribution < -0.4 is 0 Å². The minimum atomic E-state index is -0.809. The predicted octanol–water partition coefficient (Wildman–Crippen LogP) is 6.12. The maximum absolute atomic E-state index is 13.5. The molecule has 1 aliphatic rings. The van der Waals surface area contributed by atoms with Gasteiger partial charge < -0.3 is 10.0 Å². The molecule has 2 aromatic heterocycles. The molecule has 0 radical (unpaired) electrons. The molecule has 0 bridgehead atoms. The maximum atomic E-state index is 13.5. The van der Waals surface area contributed by atoms with E-state index in [0.29, 0.717) is 47.4 Å². The zero-order chi connectivity index (χ0) is 25.8. The summed E-state index contributed by atoms with van der Waals surface area (Å²) in [6, 6.07) is 18.7. The number of nitrogens with zero attached hydrogens (tertiary/aromatic N) is 4. The number of fused-ring (bicyclic) bond motifs is 1. The third-order valence-corrected chi connectivity index (χ3v) is 6.95. The Hall–Kier alpha value is -3.84. The highest BCUT2D eigenvalue weighted by atomic mass is 35.5. The monoisotopic (exact) mass is 514 g/mol. The third-order valence-electron chi connectivity index (χ3n) is 6.70. The zero-order valence-corrected chi connectivity index (χ0v) is 21.1. The fraction of sp³-hybridized carbons (Fsp3) is 0.276. The smallest absolute Gasteiger partial charge is 0.303 e. The maximum Gasteiger partial charge on any atom is 0.303 e. The number of hydrogen-bond donors (Lipinski definition) is 1. The van der Waals surface area contributed by atoms with Crippen molar-refractivity contribution >= 4 is 34.5 Å². The molecule has 8 heteroatoms. The number of hydrogen-bond acceptors (Lipinski definition) is 5. The number of unbranched alkanes of at least 4 members (excludes halogenated alkanes) is 1. The van der Waals surface area contributed by atoms with E-state index in [-0.39, 0.29) is 18.4 Å². The van der Waals surface area contributed by atoms with Crippen LogP contribution in [0.4, 0.5) is 0 Å². The van der Waals surface area contributed by atoms with Gasteiger partial charge in [-0.1, -0.05) is 29.8 Å². The molecule has 37 heavy (non-hydrogen) atoms. The molecule has 1 fully saturated rings. The highest BCUT2D eigenvalue weighted by Gasteiger charge is 2.31. The van der Waals surface area contributed by atoms with Crippen LogP contribution in [0, 0.1) is 0 Å². The van der Waals surface area contributed by atoms with Crippen LogP contribution in [-0.2, 0) is 11.2 Å². The fourth-order valence-electron chi connectivity index (χ4n) is 4.86. The number of carboxylic acids is 1. The summed E-state index contributed by atoms with van der Waals surface area (Å²) >= 11 is 6.08. The summed E-state index contributed by atoms with van der Waals surface area (Å²) in [7, 11) is 0. The molecule has 188 valence electrons. The molecule has 3 heterocycles. The Morgan fingerprint density at radius 2 is 1.84 bits per heavy atom. The summed E-state index contributed by atoms with van der Waals surface area (Å²) in [5.74, 6) is -0.849. The van der Waals surface area contributed by atoms with Crippen LogP contribution in [0.15, 0.2) is 66.9 Å². The number of likely N-dealkylation sites (tertiary alicyclic amines) is 1. The van der Waals surface area contributed by atoms with E-state index in [1.165, 1.54) is 0 Å². The molecular formula is C29H27ClN4O3. The number of aryl methyl sites for hydroxylation is 1. The first kappa shape index (κ1) is 24.8. The van der Waals surface area contributed by atoms with Gasteiger partial charge in [0.2, 0.25) is 0 Å². The van der Waals surface area contributed by atoms with Crippen molar-refractivity contribution in [2.24, 2.45) is 0 Å². The number of aliphatic carboxylic acids is 1. The van der Waals surface area contributed by atoms with E-state index in [9.17, 15) is 9.59 Å². The van der Waals surface area contributed by atoms with E-state index in [0.717, 1.165) is 35.5 Å². The number of aromatic nitrogens is 3. The second kappa shape index (κ2) is 11.0. The predicted molar refractivity (Wildman–Crippen MR) is 142 cm³/mol. The van der Waals surface area contributed by atoms with Crippen LogP contribution in [0.1, 0.15) is 59.9 Å². The number of carboxylic acid groups (broad SMARTS) is 1. The lowest BCUT2D eigenvalue weighted by molar-refractivity contribution is -0.137. The van der Waals surface area contributed by atoms with Gasteiger partial charge in [0.1, 0.15) is 0 Å². The molecule has 1 N–H and O–H groups in total. The first-order valence-electron chi connectivity index (χ1n) is 12.5. The minimum absolute atomic E-state index is 0.0347. The molecule has 1 aliphatic heterocycles. The molecule has 0 spiro atoms. The summed E-state index contributed by atoms with van der Waals surface area (Å²) in [5.41, 5.74) is 5.22. The van der Waals surface area contributed by atoms with Crippen molar-refractivity contribution in [3.8, 4) is 11.3 Å². The van der Waals surface area contributed by atoms with Crippen molar-refractivity contribution in [3.63, 3.8) is 0 Å². The number of rotatable bonds is 8. The van der Waals surface area contributed by atoms with E-state index in [2.05, 4.69) is 4.98 Å². The molecule has 1 unspecified atom stereocenters. The molecule has 2 aromatic carbocycles. The van der Waals surface area contributed by atoms with Gasteiger partial charge in [-0.25, -0.2) is 9.97 Å².